The predicted molar refractivity (Wildman–Crippen MR) is 100 cm³/mol. The molecular weight excluding hydrogens is 364 g/mol. The Morgan fingerprint density at radius 3 is 2.46 bits per heavy atom. The van der Waals surface area contributed by atoms with Gasteiger partial charge in [0.15, 0.2) is 5.79 Å². The van der Waals surface area contributed by atoms with Crippen molar-refractivity contribution in [3.05, 3.63) is 18.2 Å². The highest BCUT2D eigenvalue weighted by Crippen LogP contribution is 2.43. The van der Waals surface area contributed by atoms with Gasteiger partial charge in [-0.15, -0.1) is 0 Å². The summed E-state index contributed by atoms with van der Waals surface area (Å²) in [4.78, 5) is 27.2. The van der Waals surface area contributed by atoms with E-state index in [1.807, 2.05) is 4.90 Å². The molecule has 1 aromatic carbocycles. The van der Waals surface area contributed by atoms with Crippen LogP contribution in [0.4, 0.5) is 5.69 Å². The van der Waals surface area contributed by atoms with Crippen molar-refractivity contribution in [2.24, 2.45) is 11.8 Å². The minimum atomic E-state index is -0.500. The van der Waals surface area contributed by atoms with Crippen molar-refractivity contribution >= 4 is 17.5 Å². The molecule has 0 radical (unpaired) electrons. The molecule has 1 N–H and O–H groups in total. The van der Waals surface area contributed by atoms with Crippen molar-refractivity contribution in [1.82, 2.24) is 4.90 Å². The van der Waals surface area contributed by atoms with E-state index >= 15 is 0 Å². The lowest BCUT2D eigenvalue weighted by molar-refractivity contribution is -0.187. The Hall–Kier alpha value is -2.32. The van der Waals surface area contributed by atoms with Gasteiger partial charge in [-0.2, -0.15) is 0 Å². The van der Waals surface area contributed by atoms with E-state index < -0.39 is 5.79 Å². The predicted octanol–water partition coefficient (Wildman–Crippen LogP) is 1.64. The fourth-order valence-corrected chi connectivity index (χ4v) is 3.98. The molecule has 3 fully saturated rings. The highest BCUT2D eigenvalue weighted by atomic mass is 16.7. The third-order valence-corrected chi connectivity index (χ3v) is 5.76. The molecule has 4 rings (SSSR count). The average Bonchev–Trinajstić information content (AvgIpc) is 3.41. The summed E-state index contributed by atoms with van der Waals surface area (Å²) in [5, 5.41) is 2.87. The number of likely N-dealkylation sites (tertiary alicyclic amines) is 1. The van der Waals surface area contributed by atoms with Gasteiger partial charge in [0, 0.05) is 32.0 Å². The number of hydrogen-bond acceptors (Lipinski definition) is 6. The second-order valence-electron chi connectivity index (χ2n) is 7.44. The first kappa shape index (κ1) is 19.0. The van der Waals surface area contributed by atoms with Gasteiger partial charge >= 0.3 is 0 Å². The minimum absolute atomic E-state index is 0.0469. The monoisotopic (exact) mass is 390 g/mol. The standard InChI is InChI=1S/C20H26N2O6/c1-25-13-3-4-17(26-2)16(11-13)21-18(23)14-12-15(14)19(24)22-7-5-20(6-8-22)27-9-10-28-20/h3-4,11,14-15H,5-10,12H2,1-2H3,(H,21,23). The minimum Gasteiger partial charge on any atom is -0.497 e. The number of rotatable bonds is 5. The van der Waals surface area contributed by atoms with Gasteiger partial charge in [0.05, 0.1) is 45.0 Å². The Balaban J connectivity index is 1.33. The summed E-state index contributed by atoms with van der Waals surface area (Å²) < 4.78 is 21.9. The summed E-state index contributed by atoms with van der Waals surface area (Å²) in [6.45, 7) is 2.44. The fourth-order valence-electron chi connectivity index (χ4n) is 3.98. The van der Waals surface area contributed by atoms with Crippen molar-refractivity contribution < 1.29 is 28.5 Å². The zero-order valence-electron chi connectivity index (χ0n) is 16.2. The van der Waals surface area contributed by atoms with Gasteiger partial charge in [0.25, 0.3) is 0 Å². The van der Waals surface area contributed by atoms with Crippen LogP contribution >= 0.6 is 0 Å². The molecule has 2 aliphatic heterocycles. The molecule has 3 aliphatic rings. The number of carbonyl (C=O) groups excluding carboxylic acids is 2. The SMILES string of the molecule is COc1ccc(OC)c(NC(=O)C2CC2C(=O)N2CCC3(CC2)OCCO3)c1. The van der Waals surface area contributed by atoms with E-state index in [0.29, 0.717) is 62.8 Å². The average molecular weight is 390 g/mol. The third kappa shape index (κ3) is 3.66. The van der Waals surface area contributed by atoms with Crippen LogP contribution in [-0.2, 0) is 19.1 Å². The zero-order chi connectivity index (χ0) is 19.7. The second-order valence-corrected chi connectivity index (χ2v) is 7.44. The van der Waals surface area contributed by atoms with Gasteiger partial charge in [-0.1, -0.05) is 0 Å². The first-order chi connectivity index (χ1) is 13.5. The topological polar surface area (TPSA) is 86.3 Å². The molecule has 2 saturated heterocycles. The van der Waals surface area contributed by atoms with E-state index in [-0.39, 0.29) is 23.7 Å². The number of methoxy groups -OCH3 is 2. The summed E-state index contributed by atoms with van der Waals surface area (Å²) in [5.41, 5.74) is 0.542. The quantitative estimate of drug-likeness (QED) is 0.823. The van der Waals surface area contributed by atoms with Crippen LogP contribution < -0.4 is 14.8 Å². The summed E-state index contributed by atoms with van der Waals surface area (Å²) in [6.07, 6.45) is 1.94. The van der Waals surface area contributed by atoms with Crippen molar-refractivity contribution in [1.29, 1.82) is 0 Å². The van der Waals surface area contributed by atoms with Gasteiger partial charge in [-0.3, -0.25) is 9.59 Å². The number of benzene rings is 1. The number of hydrogen-bond donors (Lipinski definition) is 1. The zero-order valence-corrected chi connectivity index (χ0v) is 16.2. The molecular formula is C20H26N2O6. The fraction of sp³-hybridized carbons (Fsp3) is 0.600. The van der Waals surface area contributed by atoms with Crippen LogP contribution in [-0.4, -0.2) is 63.0 Å². The van der Waals surface area contributed by atoms with Crippen LogP contribution in [0.2, 0.25) is 0 Å². The molecule has 0 aromatic heterocycles. The van der Waals surface area contributed by atoms with E-state index in [4.69, 9.17) is 18.9 Å². The molecule has 8 heteroatoms. The van der Waals surface area contributed by atoms with Crippen LogP contribution in [0.25, 0.3) is 0 Å². The number of amides is 2. The summed E-state index contributed by atoms with van der Waals surface area (Å²) in [7, 11) is 3.11. The molecule has 0 bridgehead atoms. The molecule has 28 heavy (non-hydrogen) atoms. The van der Waals surface area contributed by atoms with Crippen LogP contribution in [0.5, 0.6) is 11.5 Å². The van der Waals surface area contributed by atoms with E-state index in [9.17, 15) is 9.59 Å². The van der Waals surface area contributed by atoms with Crippen LogP contribution in [0.15, 0.2) is 18.2 Å². The Bertz CT molecular complexity index is 751. The lowest BCUT2D eigenvalue weighted by atomic mass is 10.0. The summed E-state index contributed by atoms with van der Waals surface area (Å²) in [5.74, 6) is -0.00509. The summed E-state index contributed by atoms with van der Waals surface area (Å²) in [6, 6.07) is 5.21. The Morgan fingerprint density at radius 1 is 1.11 bits per heavy atom. The Kier molecular flexibility index (Phi) is 5.16. The second kappa shape index (κ2) is 7.60. The van der Waals surface area contributed by atoms with E-state index in [0.717, 1.165) is 0 Å². The molecule has 2 unspecified atom stereocenters. The van der Waals surface area contributed by atoms with E-state index in [1.165, 1.54) is 0 Å². The molecule has 1 spiro atoms. The van der Waals surface area contributed by atoms with Gasteiger partial charge in [0.1, 0.15) is 11.5 Å². The number of carbonyl (C=O) groups is 2. The number of piperidine rings is 1. The van der Waals surface area contributed by atoms with Gasteiger partial charge < -0.3 is 29.2 Å². The van der Waals surface area contributed by atoms with Crippen LogP contribution in [0.3, 0.4) is 0 Å². The lowest BCUT2D eigenvalue weighted by Gasteiger charge is -2.37. The smallest absolute Gasteiger partial charge is 0.228 e. The van der Waals surface area contributed by atoms with Crippen molar-refractivity contribution in [3.8, 4) is 11.5 Å². The van der Waals surface area contributed by atoms with Gasteiger partial charge in [0.2, 0.25) is 11.8 Å². The maximum absolute atomic E-state index is 12.8. The molecule has 2 atom stereocenters. The first-order valence-electron chi connectivity index (χ1n) is 9.65. The maximum atomic E-state index is 12.8. The Morgan fingerprint density at radius 2 is 1.82 bits per heavy atom. The van der Waals surface area contributed by atoms with Gasteiger partial charge in [-0.05, 0) is 18.6 Å². The molecule has 152 valence electrons. The van der Waals surface area contributed by atoms with E-state index in [2.05, 4.69) is 5.32 Å². The molecule has 1 saturated carbocycles. The van der Waals surface area contributed by atoms with Crippen LogP contribution in [0, 0.1) is 11.8 Å². The van der Waals surface area contributed by atoms with E-state index in [1.54, 1.807) is 32.4 Å². The van der Waals surface area contributed by atoms with Crippen molar-refractivity contribution in [3.63, 3.8) is 0 Å². The number of nitrogens with zero attached hydrogens (tertiary/aromatic N) is 1. The normalized spacial score (nSPS) is 25.4. The number of nitrogens with one attached hydrogen (secondary N) is 1. The highest BCUT2D eigenvalue weighted by Gasteiger charge is 2.51. The van der Waals surface area contributed by atoms with Crippen LogP contribution in [0.1, 0.15) is 19.3 Å². The summed E-state index contributed by atoms with van der Waals surface area (Å²) >= 11 is 0. The molecule has 8 nitrogen and oxygen atoms in total. The maximum Gasteiger partial charge on any atom is 0.228 e. The molecule has 2 amide bonds. The number of anilines is 1. The largest absolute Gasteiger partial charge is 0.497 e. The molecule has 2 heterocycles. The molecule has 1 aromatic rings. The lowest BCUT2D eigenvalue weighted by Crippen LogP contribution is -2.48. The number of ether oxygens (including phenoxy) is 4. The van der Waals surface area contributed by atoms with Crippen molar-refractivity contribution in [2.75, 3.05) is 45.8 Å². The van der Waals surface area contributed by atoms with Crippen molar-refractivity contribution in [2.45, 2.75) is 25.0 Å². The molecule has 1 aliphatic carbocycles. The Labute approximate surface area is 164 Å². The highest BCUT2D eigenvalue weighted by molar-refractivity contribution is 6.00. The first-order valence-corrected chi connectivity index (χ1v) is 9.65. The third-order valence-electron chi connectivity index (χ3n) is 5.76. The van der Waals surface area contributed by atoms with Gasteiger partial charge in [-0.25, -0.2) is 0 Å².